The van der Waals surface area contributed by atoms with Crippen molar-refractivity contribution in [1.82, 2.24) is 0 Å². The Bertz CT molecular complexity index is 596. The molecule has 2 aromatic rings. The lowest BCUT2D eigenvalue weighted by atomic mass is 10.0. The number of benzene rings is 2. The van der Waals surface area contributed by atoms with Gasteiger partial charge in [0.05, 0.1) is 6.61 Å². The maximum atomic E-state index is 14.1. The van der Waals surface area contributed by atoms with Crippen LogP contribution >= 0.6 is 15.9 Å². The Hall–Kier alpha value is -1.42. The molecule has 0 atom stereocenters. The molecule has 21 heavy (non-hydrogen) atoms. The van der Waals surface area contributed by atoms with Gasteiger partial charge in [0.1, 0.15) is 0 Å². The van der Waals surface area contributed by atoms with E-state index in [1.54, 1.807) is 13.0 Å². The van der Waals surface area contributed by atoms with Gasteiger partial charge >= 0.3 is 0 Å². The summed E-state index contributed by atoms with van der Waals surface area (Å²) < 4.78 is 33.0. The summed E-state index contributed by atoms with van der Waals surface area (Å²) in [5, 5.41) is 0.952. The molecule has 0 radical (unpaired) electrons. The SMILES string of the molecule is CCOc1ccc(-c2ccc(CCCBr)cc2)c(F)c1F. The van der Waals surface area contributed by atoms with Crippen LogP contribution in [0.25, 0.3) is 11.1 Å². The third kappa shape index (κ3) is 3.82. The minimum absolute atomic E-state index is 0.0484. The second-order valence-electron chi connectivity index (χ2n) is 4.66. The first-order chi connectivity index (χ1) is 10.2. The van der Waals surface area contributed by atoms with Crippen molar-refractivity contribution in [2.45, 2.75) is 19.8 Å². The molecular formula is C17H17BrF2O. The lowest BCUT2D eigenvalue weighted by Gasteiger charge is -2.09. The molecule has 2 rings (SSSR count). The van der Waals surface area contributed by atoms with Gasteiger partial charge in [0.25, 0.3) is 0 Å². The van der Waals surface area contributed by atoms with E-state index in [1.165, 1.54) is 11.6 Å². The largest absolute Gasteiger partial charge is 0.491 e. The minimum Gasteiger partial charge on any atom is -0.491 e. The van der Waals surface area contributed by atoms with Crippen LogP contribution in [0.5, 0.6) is 5.75 Å². The molecule has 0 aliphatic heterocycles. The summed E-state index contributed by atoms with van der Waals surface area (Å²) in [6.07, 6.45) is 2.01. The van der Waals surface area contributed by atoms with E-state index >= 15 is 0 Å². The van der Waals surface area contributed by atoms with Crippen LogP contribution in [0.3, 0.4) is 0 Å². The van der Waals surface area contributed by atoms with Gasteiger partial charge in [-0.25, -0.2) is 4.39 Å². The molecule has 0 aromatic heterocycles. The summed E-state index contributed by atoms with van der Waals surface area (Å²) in [6, 6.07) is 10.6. The molecule has 0 spiro atoms. The van der Waals surface area contributed by atoms with Crippen molar-refractivity contribution in [1.29, 1.82) is 0 Å². The van der Waals surface area contributed by atoms with E-state index in [-0.39, 0.29) is 11.3 Å². The molecule has 0 saturated carbocycles. The number of hydrogen-bond acceptors (Lipinski definition) is 1. The van der Waals surface area contributed by atoms with Crippen molar-refractivity contribution < 1.29 is 13.5 Å². The van der Waals surface area contributed by atoms with Gasteiger partial charge < -0.3 is 4.74 Å². The Balaban J connectivity index is 2.27. The van der Waals surface area contributed by atoms with Gasteiger partial charge in [-0.15, -0.1) is 0 Å². The second kappa shape index (κ2) is 7.55. The van der Waals surface area contributed by atoms with Crippen LogP contribution in [0.2, 0.25) is 0 Å². The van der Waals surface area contributed by atoms with E-state index in [2.05, 4.69) is 15.9 Å². The highest BCUT2D eigenvalue weighted by atomic mass is 79.9. The van der Waals surface area contributed by atoms with Crippen molar-refractivity contribution in [2.75, 3.05) is 11.9 Å². The van der Waals surface area contributed by atoms with Crippen LogP contribution < -0.4 is 4.74 Å². The van der Waals surface area contributed by atoms with E-state index in [4.69, 9.17) is 4.74 Å². The van der Waals surface area contributed by atoms with Gasteiger partial charge in [-0.1, -0.05) is 40.2 Å². The molecule has 0 unspecified atom stereocenters. The fourth-order valence-electron chi connectivity index (χ4n) is 2.14. The molecule has 0 bridgehead atoms. The van der Waals surface area contributed by atoms with Crippen molar-refractivity contribution in [3.05, 3.63) is 53.6 Å². The topological polar surface area (TPSA) is 9.23 Å². The van der Waals surface area contributed by atoms with Crippen LogP contribution in [0.4, 0.5) is 8.78 Å². The highest BCUT2D eigenvalue weighted by Crippen LogP contribution is 2.30. The van der Waals surface area contributed by atoms with Gasteiger partial charge in [-0.3, -0.25) is 0 Å². The van der Waals surface area contributed by atoms with Gasteiger partial charge in [-0.05, 0) is 43.0 Å². The highest BCUT2D eigenvalue weighted by Gasteiger charge is 2.15. The molecule has 112 valence electrons. The molecule has 2 aromatic carbocycles. The summed E-state index contributed by atoms with van der Waals surface area (Å²) in [4.78, 5) is 0. The predicted molar refractivity (Wildman–Crippen MR) is 85.1 cm³/mol. The number of aryl methyl sites for hydroxylation is 1. The van der Waals surface area contributed by atoms with E-state index in [1.807, 2.05) is 24.3 Å². The number of alkyl halides is 1. The van der Waals surface area contributed by atoms with E-state index in [0.717, 1.165) is 18.2 Å². The monoisotopic (exact) mass is 354 g/mol. The zero-order chi connectivity index (χ0) is 15.2. The first-order valence-corrected chi connectivity index (χ1v) is 8.05. The Morgan fingerprint density at radius 2 is 1.71 bits per heavy atom. The smallest absolute Gasteiger partial charge is 0.201 e. The van der Waals surface area contributed by atoms with Crippen molar-refractivity contribution in [3.63, 3.8) is 0 Å². The molecule has 0 aliphatic rings. The Morgan fingerprint density at radius 3 is 2.33 bits per heavy atom. The van der Waals surface area contributed by atoms with Gasteiger partial charge in [0.2, 0.25) is 5.82 Å². The fraction of sp³-hybridized carbons (Fsp3) is 0.294. The summed E-state index contributed by atoms with van der Waals surface area (Å²) >= 11 is 3.39. The zero-order valence-corrected chi connectivity index (χ0v) is 13.4. The third-order valence-corrected chi connectivity index (χ3v) is 3.77. The van der Waals surface area contributed by atoms with E-state index in [0.29, 0.717) is 12.2 Å². The fourth-order valence-corrected chi connectivity index (χ4v) is 2.42. The molecule has 0 aliphatic carbocycles. The number of hydrogen-bond donors (Lipinski definition) is 0. The zero-order valence-electron chi connectivity index (χ0n) is 11.8. The molecule has 0 N–H and O–H groups in total. The maximum absolute atomic E-state index is 14.1. The summed E-state index contributed by atoms with van der Waals surface area (Å²) in [5.74, 6) is -1.85. The molecule has 1 nitrogen and oxygen atoms in total. The maximum Gasteiger partial charge on any atom is 0.201 e. The van der Waals surface area contributed by atoms with E-state index in [9.17, 15) is 8.78 Å². The van der Waals surface area contributed by atoms with Crippen LogP contribution in [-0.2, 0) is 6.42 Å². The van der Waals surface area contributed by atoms with Crippen LogP contribution in [0.1, 0.15) is 18.9 Å². The number of halogens is 3. The first kappa shape index (κ1) is 16.0. The predicted octanol–water partition coefficient (Wildman–Crippen LogP) is 5.36. The normalized spacial score (nSPS) is 10.7. The van der Waals surface area contributed by atoms with Gasteiger partial charge in [0, 0.05) is 10.9 Å². The first-order valence-electron chi connectivity index (χ1n) is 6.93. The molecule has 0 saturated heterocycles. The summed E-state index contributed by atoms with van der Waals surface area (Å²) in [7, 11) is 0. The van der Waals surface area contributed by atoms with Gasteiger partial charge in [-0.2, -0.15) is 4.39 Å². The quantitative estimate of drug-likeness (QED) is 0.634. The Labute approximate surface area is 132 Å². The third-order valence-electron chi connectivity index (χ3n) is 3.21. The van der Waals surface area contributed by atoms with E-state index < -0.39 is 11.6 Å². The van der Waals surface area contributed by atoms with Crippen molar-refractivity contribution in [2.24, 2.45) is 0 Å². The average molecular weight is 355 g/mol. The molecule has 4 heteroatoms. The second-order valence-corrected chi connectivity index (χ2v) is 5.45. The number of ether oxygens (including phenoxy) is 1. The lowest BCUT2D eigenvalue weighted by molar-refractivity contribution is 0.314. The van der Waals surface area contributed by atoms with Crippen LogP contribution in [0.15, 0.2) is 36.4 Å². The highest BCUT2D eigenvalue weighted by molar-refractivity contribution is 9.09. The number of rotatable bonds is 6. The minimum atomic E-state index is -0.933. The van der Waals surface area contributed by atoms with Crippen LogP contribution in [0, 0.1) is 11.6 Å². The molecule has 0 heterocycles. The average Bonchev–Trinajstić information content (AvgIpc) is 2.51. The summed E-state index contributed by atoms with van der Waals surface area (Å²) in [6.45, 7) is 2.04. The summed E-state index contributed by atoms with van der Waals surface area (Å²) in [5.41, 5.74) is 2.10. The van der Waals surface area contributed by atoms with Crippen LogP contribution in [-0.4, -0.2) is 11.9 Å². The lowest BCUT2D eigenvalue weighted by Crippen LogP contribution is -1.98. The van der Waals surface area contributed by atoms with Crippen molar-refractivity contribution in [3.8, 4) is 16.9 Å². The van der Waals surface area contributed by atoms with Crippen molar-refractivity contribution >= 4 is 15.9 Å². The Kier molecular flexibility index (Phi) is 5.74. The standard InChI is InChI=1S/C17H17BrF2O/c1-2-21-15-10-9-14(16(19)17(15)20)13-7-5-12(6-8-13)4-3-11-18/h5-10H,2-4,11H2,1H3. The molecule has 0 fully saturated rings. The van der Waals surface area contributed by atoms with Gasteiger partial charge in [0.15, 0.2) is 11.6 Å². The Morgan fingerprint density at radius 1 is 1.00 bits per heavy atom. The molecule has 0 amide bonds. The molecular weight excluding hydrogens is 338 g/mol.